The second kappa shape index (κ2) is 10.1. The summed E-state index contributed by atoms with van der Waals surface area (Å²) >= 11 is 2.47. The number of anilines is 1. The molecule has 1 aromatic heterocycles. The Kier molecular flexibility index (Phi) is 7.47. The molecule has 1 saturated heterocycles. The highest BCUT2D eigenvalue weighted by Gasteiger charge is 2.55. The van der Waals surface area contributed by atoms with Crippen molar-refractivity contribution in [1.82, 2.24) is 15.2 Å². The van der Waals surface area contributed by atoms with Gasteiger partial charge in [-0.15, -0.1) is 23.1 Å². The van der Waals surface area contributed by atoms with Gasteiger partial charge in [0.1, 0.15) is 23.7 Å². The number of β-lactam (4-membered cyclic amide) rings is 1. The predicted octanol–water partition coefficient (Wildman–Crippen LogP) is 1.65. The lowest BCUT2D eigenvalue weighted by Gasteiger charge is -2.49. The maximum absolute atomic E-state index is 13.2. The fourth-order valence-corrected chi connectivity index (χ4v) is 7.18. The van der Waals surface area contributed by atoms with Crippen LogP contribution in [0, 0.1) is 0 Å². The Morgan fingerprint density at radius 2 is 2.14 bits per heavy atom. The number of carboxylic acid groups (broad SMARTS) is 1. The zero-order valence-electron chi connectivity index (χ0n) is 19.9. The fraction of sp³-hybridized carbons (Fsp3) is 0.429. The molecule has 36 heavy (non-hydrogen) atoms. The number of nitrogens with zero attached hydrogens (tertiary/aromatic N) is 3. The molecule has 3 atom stereocenters. The van der Waals surface area contributed by atoms with Crippen LogP contribution < -0.4 is 11.1 Å². The predicted molar refractivity (Wildman–Crippen MR) is 135 cm³/mol. The van der Waals surface area contributed by atoms with Crippen LogP contribution in [0.5, 0.6) is 0 Å². The minimum Gasteiger partial charge on any atom is -0.477 e. The topological polar surface area (TPSA) is 161 Å². The molecule has 4 N–H and O–H groups in total. The highest BCUT2D eigenvalue weighted by atomic mass is 32.2. The van der Waals surface area contributed by atoms with Gasteiger partial charge in [-0.25, -0.2) is 9.78 Å². The molecule has 3 aliphatic rings. The zero-order chi connectivity index (χ0) is 26.3. The van der Waals surface area contributed by atoms with E-state index in [1.54, 1.807) is 0 Å². The summed E-state index contributed by atoms with van der Waals surface area (Å²) in [5.41, 5.74) is 6.37. The van der Waals surface area contributed by atoms with Crippen molar-refractivity contribution in [2.24, 2.45) is 0 Å². The number of amides is 2. The number of thioether (sulfide) groups is 1. The van der Waals surface area contributed by atoms with Crippen molar-refractivity contribution in [2.75, 3.05) is 45.8 Å². The molecule has 0 radical (unpaired) electrons. The second-order valence-corrected chi connectivity index (χ2v) is 12.7. The third-order valence-corrected chi connectivity index (χ3v) is 9.80. The summed E-state index contributed by atoms with van der Waals surface area (Å²) in [5, 5.41) is 13.7. The van der Waals surface area contributed by atoms with Crippen molar-refractivity contribution in [3.8, 4) is 0 Å². The van der Waals surface area contributed by atoms with E-state index in [1.165, 1.54) is 36.3 Å². The quantitative estimate of drug-likeness (QED) is 0.177. The number of aromatic nitrogens is 1. The number of quaternary nitrogens is 1. The number of nitrogen functional groups attached to an aromatic ring is 1. The van der Waals surface area contributed by atoms with Crippen LogP contribution in [-0.2, 0) is 28.0 Å². The van der Waals surface area contributed by atoms with Gasteiger partial charge in [0, 0.05) is 43.2 Å². The van der Waals surface area contributed by atoms with Crippen LogP contribution in [0.15, 0.2) is 34.7 Å². The summed E-state index contributed by atoms with van der Waals surface area (Å²) in [6, 6.07) is -0.973. The van der Waals surface area contributed by atoms with E-state index in [-0.39, 0.29) is 22.1 Å². The third-order valence-electron chi connectivity index (χ3n) is 6.20. The molecule has 1 aromatic rings. The number of carboxylic acids is 1. The molecule has 2 amide bonds. The molecule has 1 fully saturated rings. The maximum Gasteiger partial charge on any atom is 0.354 e. The molecule has 12 nitrogen and oxygen atoms in total. The van der Waals surface area contributed by atoms with Gasteiger partial charge in [0.15, 0.2) is 5.13 Å². The van der Waals surface area contributed by atoms with E-state index in [0.29, 0.717) is 22.4 Å². The first-order valence-corrected chi connectivity index (χ1v) is 14.4. The van der Waals surface area contributed by atoms with Gasteiger partial charge in [0.05, 0.1) is 31.1 Å². The van der Waals surface area contributed by atoms with E-state index < -0.39 is 36.8 Å². The Labute approximate surface area is 215 Å². The lowest BCUT2D eigenvalue weighted by atomic mass is 10.0. The Morgan fingerprint density at radius 1 is 1.42 bits per heavy atom. The molecule has 0 saturated carbocycles. The van der Waals surface area contributed by atoms with Gasteiger partial charge in [-0.2, -0.15) is 0 Å². The Bertz CT molecular complexity index is 1240. The largest absolute Gasteiger partial charge is 0.477 e. The van der Waals surface area contributed by atoms with Crippen molar-refractivity contribution in [1.29, 1.82) is 0 Å². The van der Waals surface area contributed by atoms with Crippen LogP contribution >= 0.6 is 30.7 Å². The minimum absolute atomic E-state index is 0.0276. The average Bonchev–Trinajstić information content (AvgIpc) is 3.48. The number of carbonyl (C=O) groups is 3. The number of hydrogen-bond acceptors (Lipinski definition) is 10. The Morgan fingerprint density at radius 3 is 2.69 bits per heavy atom. The lowest BCUT2D eigenvalue weighted by molar-refractivity contribution is -0.848. The van der Waals surface area contributed by atoms with Crippen molar-refractivity contribution >= 4 is 59.2 Å². The number of hydrogen-bond donors (Lipinski definition) is 3. The van der Waals surface area contributed by atoms with E-state index in [4.69, 9.17) is 14.8 Å². The number of nitrogens with one attached hydrogen (secondary N) is 1. The summed E-state index contributed by atoms with van der Waals surface area (Å²) < 4.78 is 23.1. The smallest absolute Gasteiger partial charge is 0.354 e. The molecule has 3 aliphatic heterocycles. The van der Waals surface area contributed by atoms with Gasteiger partial charge in [-0.3, -0.25) is 23.5 Å². The number of carbonyl (C=O) groups excluding carboxylic acids is 2. The maximum atomic E-state index is 13.2. The number of likely N-dealkylation sites (N-methyl/N-ethyl adjacent to an activating group) is 1. The average molecular weight is 557 g/mol. The number of rotatable bonds is 9. The zero-order valence-corrected chi connectivity index (χ0v) is 22.4. The van der Waals surface area contributed by atoms with E-state index in [9.17, 15) is 24.1 Å². The van der Waals surface area contributed by atoms with Crippen LogP contribution in [-0.4, -0.2) is 88.8 Å². The fourth-order valence-electron chi connectivity index (χ4n) is 4.36. The summed E-state index contributed by atoms with van der Waals surface area (Å²) in [7, 11) is 0.602. The Balaban J connectivity index is 1.58. The highest BCUT2D eigenvalue weighted by molar-refractivity contribution is 8.00. The lowest BCUT2D eigenvalue weighted by Crippen LogP contribution is -2.70. The van der Waals surface area contributed by atoms with Gasteiger partial charge in [0.2, 0.25) is 0 Å². The van der Waals surface area contributed by atoms with Crippen molar-refractivity contribution in [3.05, 3.63) is 40.4 Å². The molecule has 0 aromatic carbocycles. The molecular formula is C21H27N5O7PS2+. The SMILES string of the molecule is COP(=O)(/C=C(\C(=O)N[C@@H]1C(=O)N2C(C(=O)O)=C(C[N+]3(C)C=CCC3)CS[C@H]12)c1csc(N)n1)OC. The van der Waals surface area contributed by atoms with Crippen LogP contribution in [0.1, 0.15) is 12.1 Å². The summed E-state index contributed by atoms with van der Waals surface area (Å²) in [5.74, 6) is -1.00. The van der Waals surface area contributed by atoms with E-state index in [2.05, 4.69) is 16.4 Å². The first-order chi connectivity index (χ1) is 17.0. The minimum atomic E-state index is -3.77. The van der Waals surface area contributed by atoms with Gasteiger partial charge in [-0.05, 0) is 6.08 Å². The van der Waals surface area contributed by atoms with Gasteiger partial charge in [-0.1, -0.05) is 0 Å². The number of aliphatic carboxylic acids is 1. The van der Waals surface area contributed by atoms with Crippen molar-refractivity contribution < 1.29 is 37.6 Å². The van der Waals surface area contributed by atoms with Gasteiger partial charge < -0.3 is 25.2 Å². The van der Waals surface area contributed by atoms with Crippen LogP contribution in [0.3, 0.4) is 0 Å². The molecule has 194 valence electrons. The van der Waals surface area contributed by atoms with E-state index in [0.717, 1.165) is 30.1 Å². The van der Waals surface area contributed by atoms with Crippen LogP contribution in [0.4, 0.5) is 5.13 Å². The summed E-state index contributed by atoms with van der Waals surface area (Å²) in [4.78, 5) is 43.8. The number of nitrogens with two attached hydrogens (primary N) is 1. The molecule has 4 rings (SSSR count). The van der Waals surface area contributed by atoms with Gasteiger partial charge in [0.25, 0.3) is 11.8 Å². The van der Waals surface area contributed by atoms with Crippen LogP contribution in [0.25, 0.3) is 5.57 Å². The van der Waals surface area contributed by atoms with Crippen LogP contribution in [0.2, 0.25) is 0 Å². The third kappa shape index (κ3) is 5.01. The second-order valence-electron chi connectivity index (χ2n) is 8.67. The molecule has 0 spiro atoms. The van der Waals surface area contributed by atoms with Gasteiger partial charge >= 0.3 is 13.6 Å². The Hall–Kier alpha value is -2.48. The molecule has 0 bridgehead atoms. The van der Waals surface area contributed by atoms with E-state index in [1.807, 2.05) is 13.2 Å². The first kappa shape index (κ1) is 26.6. The molecule has 4 heterocycles. The van der Waals surface area contributed by atoms with Crippen molar-refractivity contribution in [3.63, 3.8) is 0 Å². The first-order valence-electron chi connectivity index (χ1n) is 10.9. The molecule has 15 heteroatoms. The number of fused-ring (bicyclic) bond motifs is 1. The van der Waals surface area contributed by atoms with Crippen molar-refractivity contribution in [2.45, 2.75) is 17.8 Å². The molecule has 1 unspecified atom stereocenters. The summed E-state index contributed by atoms with van der Waals surface area (Å²) in [6.07, 6.45) is 5.02. The standard InChI is InChI=1S/C21H26N5O7PS2/c1-26(6-4-5-7-26)8-12-10-35-19-15(18(28)25(19)16(12)20(29)30)24-17(27)13(9-34(31,32-2)33-3)14-11-36-21(22)23-14/h4,6,9,11,15,19H,5,7-8,10H2,1-3H3,(H3-,22,23,24,27,29,30)/p+1/b13-9-/t15-,19-,26?/m1/s1. The molecular weight excluding hydrogens is 529 g/mol. The highest BCUT2D eigenvalue weighted by Crippen LogP contribution is 2.50. The monoisotopic (exact) mass is 556 g/mol. The molecule has 0 aliphatic carbocycles. The normalized spacial score (nSPS) is 26.1. The number of thiazole rings is 1. The summed E-state index contributed by atoms with van der Waals surface area (Å²) in [6.45, 7) is 1.35. The van der Waals surface area contributed by atoms with E-state index >= 15 is 0 Å².